The molecule has 0 spiro atoms. The van der Waals surface area contributed by atoms with E-state index in [-0.39, 0.29) is 12.4 Å². The van der Waals surface area contributed by atoms with Crippen molar-refractivity contribution in [2.75, 3.05) is 20.6 Å². The lowest BCUT2D eigenvalue weighted by atomic mass is 10.0. The molecule has 0 aliphatic carbocycles. The molecule has 5 N–H and O–H groups in total. The Bertz CT molecular complexity index is 251. The number of hydrogen-bond donors (Lipinski definition) is 3. The Morgan fingerprint density at radius 3 is 2.73 bits per heavy atom. The average molecular weight is 234 g/mol. The highest BCUT2D eigenvalue weighted by Crippen LogP contribution is 2.15. The maximum atomic E-state index is 6.02. The molecular weight excluding hydrogens is 214 g/mol. The lowest BCUT2D eigenvalue weighted by Crippen LogP contribution is -2.44. The van der Waals surface area contributed by atoms with Gasteiger partial charge >= 0.3 is 0 Å². The zero-order valence-electron chi connectivity index (χ0n) is 9.23. The van der Waals surface area contributed by atoms with Gasteiger partial charge in [-0.3, -0.25) is 0 Å². The van der Waals surface area contributed by atoms with Crippen molar-refractivity contribution in [3.8, 4) is 0 Å². The molecule has 0 aromatic heterocycles. The van der Waals surface area contributed by atoms with Crippen LogP contribution in [-0.2, 0) is 0 Å². The summed E-state index contributed by atoms with van der Waals surface area (Å²) in [6.07, 6.45) is 5.41. The van der Waals surface area contributed by atoms with E-state index in [1.807, 2.05) is 20.2 Å². The summed E-state index contributed by atoms with van der Waals surface area (Å²) in [5.74, 6) is 0.389. The van der Waals surface area contributed by atoms with Crippen molar-refractivity contribution in [1.82, 2.24) is 10.2 Å². The minimum absolute atomic E-state index is 0. The Balaban J connectivity index is 0.00000196. The molecule has 6 heteroatoms. The summed E-state index contributed by atoms with van der Waals surface area (Å²) in [6, 6.07) is 0. The predicted octanol–water partition coefficient (Wildman–Crippen LogP) is -0.163. The molecule has 1 unspecified atom stereocenters. The van der Waals surface area contributed by atoms with Gasteiger partial charge in [-0.1, -0.05) is 0 Å². The van der Waals surface area contributed by atoms with Crippen molar-refractivity contribution in [3.05, 3.63) is 12.3 Å². The molecule has 0 saturated carbocycles. The summed E-state index contributed by atoms with van der Waals surface area (Å²) in [7, 11) is 4.08. The van der Waals surface area contributed by atoms with Crippen molar-refractivity contribution < 1.29 is 0 Å². The molecule has 1 aliphatic heterocycles. The van der Waals surface area contributed by atoms with Crippen LogP contribution in [0.15, 0.2) is 17.3 Å². The van der Waals surface area contributed by atoms with Gasteiger partial charge in [0, 0.05) is 6.20 Å². The monoisotopic (exact) mass is 233 g/mol. The highest BCUT2D eigenvalue weighted by Gasteiger charge is 2.22. The van der Waals surface area contributed by atoms with Crippen LogP contribution in [-0.4, -0.2) is 37.2 Å². The van der Waals surface area contributed by atoms with Gasteiger partial charge < -0.3 is 21.7 Å². The number of guanidine groups is 1. The third-order valence-corrected chi connectivity index (χ3v) is 2.11. The molecule has 0 radical (unpaired) electrons. The molecular formula is C9H20ClN5. The van der Waals surface area contributed by atoms with E-state index in [2.05, 4.69) is 15.2 Å². The minimum Gasteiger partial charge on any atom is -0.370 e. The van der Waals surface area contributed by atoms with Crippen molar-refractivity contribution >= 4 is 18.4 Å². The molecule has 1 heterocycles. The highest BCUT2D eigenvalue weighted by atomic mass is 35.5. The van der Waals surface area contributed by atoms with Gasteiger partial charge in [-0.15, -0.1) is 12.4 Å². The normalized spacial score (nSPS) is 24.4. The Hall–Kier alpha value is -0.780. The third-order valence-electron chi connectivity index (χ3n) is 2.11. The number of nitrogens with one attached hydrogen (secondary N) is 1. The number of nitrogens with zero attached hydrogens (tertiary/aromatic N) is 2. The second kappa shape index (κ2) is 5.95. The van der Waals surface area contributed by atoms with Crippen LogP contribution in [0.4, 0.5) is 0 Å². The number of halogens is 1. The van der Waals surface area contributed by atoms with Gasteiger partial charge in [0.05, 0.1) is 0 Å². The van der Waals surface area contributed by atoms with E-state index in [4.69, 9.17) is 11.5 Å². The lowest BCUT2D eigenvalue weighted by molar-refractivity contribution is 0.367. The third kappa shape index (κ3) is 5.01. The molecule has 0 fully saturated rings. The van der Waals surface area contributed by atoms with Crippen molar-refractivity contribution in [1.29, 1.82) is 0 Å². The summed E-state index contributed by atoms with van der Waals surface area (Å²) in [5.41, 5.74) is 10.9. The van der Waals surface area contributed by atoms with Crippen LogP contribution in [0.25, 0.3) is 0 Å². The van der Waals surface area contributed by atoms with E-state index in [0.29, 0.717) is 5.96 Å². The molecule has 0 aromatic carbocycles. The smallest absolute Gasteiger partial charge is 0.194 e. The van der Waals surface area contributed by atoms with Crippen LogP contribution in [0.2, 0.25) is 0 Å². The fraction of sp³-hybridized carbons (Fsp3) is 0.667. The molecule has 5 nitrogen and oxygen atoms in total. The van der Waals surface area contributed by atoms with Gasteiger partial charge in [-0.05, 0) is 39.6 Å². The second-order valence-electron chi connectivity index (χ2n) is 3.87. The first-order valence-electron chi connectivity index (χ1n) is 4.75. The lowest BCUT2D eigenvalue weighted by Gasteiger charge is -2.25. The molecule has 1 rings (SSSR count). The van der Waals surface area contributed by atoms with E-state index in [9.17, 15) is 0 Å². The Morgan fingerprint density at radius 2 is 2.20 bits per heavy atom. The standard InChI is InChI=1S/C9H19N5.ClH/c1-14(2)7-3-4-9(11)5-6-12-8(10)13-9;/h5-6H,3-4,7,11H2,1-2H3,(H3,10,12,13);1H. The fourth-order valence-corrected chi connectivity index (χ4v) is 1.38. The largest absolute Gasteiger partial charge is 0.370 e. The van der Waals surface area contributed by atoms with Crippen LogP contribution in [0, 0.1) is 0 Å². The van der Waals surface area contributed by atoms with Crippen LogP contribution < -0.4 is 16.8 Å². The molecule has 0 aromatic rings. The quantitative estimate of drug-likeness (QED) is 0.630. The summed E-state index contributed by atoms with van der Waals surface area (Å²) in [5, 5.41) is 2.79. The van der Waals surface area contributed by atoms with Gasteiger partial charge in [0.15, 0.2) is 5.96 Å². The zero-order valence-corrected chi connectivity index (χ0v) is 10.0. The zero-order chi connectivity index (χ0) is 10.6. The van der Waals surface area contributed by atoms with E-state index < -0.39 is 5.66 Å². The molecule has 0 amide bonds. The Labute approximate surface area is 97.0 Å². The first-order chi connectivity index (χ1) is 6.52. The molecule has 1 atom stereocenters. The summed E-state index contributed by atoms with van der Waals surface area (Å²) < 4.78 is 0. The topological polar surface area (TPSA) is 79.7 Å². The fourth-order valence-electron chi connectivity index (χ4n) is 1.38. The molecule has 0 bridgehead atoms. The second-order valence-corrected chi connectivity index (χ2v) is 3.87. The van der Waals surface area contributed by atoms with Crippen LogP contribution in [0.3, 0.4) is 0 Å². The van der Waals surface area contributed by atoms with Gasteiger partial charge in [0.1, 0.15) is 5.66 Å². The summed E-state index contributed by atoms with van der Waals surface area (Å²) >= 11 is 0. The van der Waals surface area contributed by atoms with Gasteiger partial charge in [-0.2, -0.15) is 0 Å². The Morgan fingerprint density at radius 1 is 1.53 bits per heavy atom. The van der Waals surface area contributed by atoms with E-state index >= 15 is 0 Å². The first kappa shape index (κ1) is 14.2. The summed E-state index contributed by atoms with van der Waals surface area (Å²) in [6.45, 7) is 1.01. The molecule has 0 saturated heterocycles. The number of aliphatic imine (C=N–C) groups is 1. The Kier molecular flexibility index (Phi) is 5.64. The van der Waals surface area contributed by atoms with E-state index in [1.54, 1.807) is 6.20 Å². The van der Waals surface area contributed by atoms with E-state index in [1.165, 1.54) is 0 Å². The van der Waals surface area contributed by atoms with Crippen molar-refractivity contribution in [2.45, 2.75) is 18.5 Å². The molecule has 15 heavy (non-hydrogen) atoms. The maximum absolute atomic E-state index is 6.02. The van der Waals surface area contributed by atoms with Gasteiger partial charge in [0.25, 0.3) is 0 Å². The first-order valence-corrected chi connectivity index (χ1v) is 4.75. The van der Waals surface area contributed by atoms with Crippen LogP contribution >= 0.6 is 12.4 Å². The molecule has 1 aliphatic rings. The SMILES string of the molecule is CN(C)CCCC1(N)C=CNC(N)=N1.Cl. The number of hydrogen-bond acceptors (Lipinski definition) is 5. The minimum atomic E-state index is -0.620. The van der Waals surface area contributed by atoms with Gasteiger partial charge in [0.2, 0.25) is 0 Å². The molecule has 88 valence electrons. The van der Waals surface area contributed by atoms with Gasteiger partial charge in [-0.25, -0.2) is 4.99 Å². The number of nitrogens with two attached hydrogens (primary N) is 2. The van der Waals surface area contributed by atoms with Crippen molar-refractivity contribution in [2.24, 2.45) is 16.5 Å². The number of rotatable bonds is 4. The van der Waals surface area contributed by atoms with Crippen LogP contribution in [0.5, 0.6) is 0 Å². The maximum Gasteiger partial charge on any atom is 0.194 e. The highest BCUT2D eigenvalue weighted by molar-refractivity contribution is 5.85. The van der Waals surface area contributed by atoms with E-state index in [0.717, 1.165) is 19.4 Å². The average Bonchev–Trinajstić information content (AvgIpc) is 2.01. The summed E-state index contributed by atoms with van der Waals surface area (Å²) in [4.78, 5) is 6.29. The predicted molar refractivity (Wildman–Crippen MR) is 65.9 cm³/mol. The van der Waals surface area contributed by atoms with Crippen LogP contribution in [0.1, 0.15) is 12.8 Å². The van der Waals surface area contributed by atoms with Crippen molar-refractivity contribution in [3.63, 3.8) is 0 Å².